The number of hydrogen-bond donors (Lipinski definition) is 0. The van der Waals surface area contributed by atoms with Crippen molar-refractivity contribution in [3.8, 4) is 45.0 Å². The average molecular weight is 747 g/mol. The Morgan fingerprint density at radius 2 is 0.947 bits per heavy atom. The molecule has 0 atom stereocenters. The van der Waals surface area contributed by atoms with Gasteiger partial charge in [0.05, 0.1) is 16.8 Å². The van der Waals surface area contributed by atoms with E-state index in [2.05, 4.69) is 208 Å². The summed E-state index contributed by atoms with van der Waals surface area (Å²) in [6.07, 6.45) is 0. The minimum absolute atomic E-state index is 0.256. The Bertz CT molecular complexity index is 2980. The molecule has 0 unspecified atom stereocenters. The molecule has 11 rings (SSSR count). The summed E-state index contributed by atoms with van der Waals surface area (Å²) in [5, 5.41) is 2.31. The maximum atomic E-state index is 5.39. The average Bonchev–Trinajstić information content (AvgIpc) is 3.28. The van der Waals surface area contributed by atoms with Crippen molar-refractivity contribution in [2.45, 2.75) is 34.5 Å². The van der Waals surface area contributed by atoms with E-state index in [1.807, 2.05) is 11.8 Å². The van der Waals surface area contributed by atoms with E-state index >= 15 is 0 Å². The molecule has 2 heterocycles. The van der Waals surface area contributed by atoms with Crippen LogP contribution in [-0.4, -0.2) is 9.97 Å². The molecular formula is C54H38N2S. The molecule has 1 aliphatic heterocycles. The lowest BCUT2D eigenvalue weighted by atomic mass is 9.54. The van der Waals surface area contributed by atoms with E-state index in [4.69, 9.17) is 9.97 Å². The van der Waals surface area contributed by atoms with Crippen molar-refractivity contribution in [1.82, 2.24) is 9.97 Å². The first-order chi connectivity index (χ1) is 28.0. The van der Waals surface area contributed by atoms with Gasteiger partial charge in [-0.1, -0.05) is 195 Å². The quantitative estimate of drug-likeness (QED) is 0.179. The summed E-state index contributed by atoms with van der Waals surface area (Å²) >= 11 is 1.89. The molecule has 270 valence electrons. The van der Waals surface area contributed by atoms with Gasteiger partial charge < -0.3 is 0 Å². The van der Waals surface area contributed by atoms with E-state index in [9.17, 15) is 0 Å². The minimum atomic E-state index is -0.456. The molecule has 0 amide bonds. The summed E-state index contributed by atoms with van der Waals surface area (Å²) in [6, 6.07) is 70.7. The molecule has 0 fully saturated rings. The van der Waals surface area contributed by atoms with Crippen LogP contribution in [0.25, 0.3) is 55.8 Å². The molecule has 2 aliphatic rings. The van der Waals surface area contributed by atoms with Gasteiger partial charge in [-0.3, -0.25) is 0 Å². The zero-order valence-corrected chi connectivity index (χ0v) is 32.6. The maximum Gasteiger partial charge on any atom is 0.161 e. The standard InChI is InChI=1S/C54H38N2S/c1-53(2)42-25-10-11-26-43(42)54(45-27-12-14-29-50(45)57-51-30-15-13-28-46(51)54)44-32-31-37(33-47(44)53)39-22-8-9-23-40(39)49-34-48(36-18-4-3-5-19-36)55-52(56-49)41-24-16-20-35-17-6-7-21-38(35)41/h3-34H,1-2H3. The van der Waals surface area contributed by atoms with Gasteiger partial charge in [0.15, 0.2) is 5.82 Å². The first kappa shape index (κ1) is 33.8. The Morgan fingerprint density at radius 3 is 1.72 bits per heavy atom. The summed E-state index contributed by atoms with van der Waals surface area (Å²) in [7, 11) is 0. The first-order valence-corrected chi connectivity index (χ1v) is 20.5. The third-order valence-corrected chi connectivity index (χ3v) is 13.4. The fourth-order valence-corrected chi connectivity index (χ4v) is 10.8. The fraction of sp³-hybridized carbons (Fsp3) is 0.0741. The van der Waals surface area contributed by atoms with E-state index in [-0.39, 0.29) is 5.41 Å². The van der Waals surface area contributed by atoms with Crippen molar-refractivity contribution in [2.75, 3.05) is 0 Å². The summed E-state index contributed by atoms with van der Waals surface area (Å²) in [4.78, 5) is 13.2. The first-order valence-electron chi connectivity index (χ1n) is 19.7. The van der Waals surface area contributed by atoms with Crippen LogP contribution in [0.15, 0.2) is 204 Å². The highest BCUT2D eigenvalue weighted by Crippen LogP contribution is 2.61. The van der Waals surface area contributed by atoms with Crippen LogP contribution in [0.3, 0.4) is 0 Å². The van der Waals surface area contributed by atoms with Crippen LogP contribution in [0.1, 0.15) is 47.2 Å². The molecule has 9 aromatic rings. The number of nitrogens with zero attached hydrogens (tertiary/aromatic N) is 2. The zero-order chi connectivity index (χ0) is 38.1. The number of aromatic nitrogens is 2. The maximum absolute atomic E-state index is 5.39. The Labute approximate surface area is 338 Å². The monoisotopic (exact) mass is 746 g/mol. The molecule has 3 heteroatoms. The Hall–Kier alpha value is -6.55. The third kappa shape index (κ3) is 5.12. The smallest absolute Gasteiger partial charge is 0.161 e. The highest BCUT2D eigenvalue weighted by atomic mass is 32.2. The summed E-state index contributed by atoms with van der Waals surface area (Å²) in [6.45, 7) is 4.80. The summed E-state index contributed by atoms with van der Waals surface area (Å²) < 4.78 is 0. The van der Waals surface area contributed by atoms with Crippen molar-refractivity contribution < 1.29 is 0 Å². The molecule has 1 aliphatic carbocycles. The fourth-order valence-electron chi connectivity index (χ4n) is 9.62. The van der Waals surface area contributed by atoms with Crippen LogP contribution in [0.2, 0.25) is 0 Å². The second kappa shape index (κ2) is 13.0. The third-order valence-electron chi connectivity index (χ3n) is 12.2. The molecule has 0 N–H and O–H groups in total. The summed E-state index contributed by atoms with van der Waals surface area (Å²) in [5.41, 5.74) is 14.7. The van der Waals surface area contributed by atoms with Crippen LogP contribution >= 0.6 is 11.8 Å². The second-order valence-electron chi connectivity index (χ2n) is 15.7. The predicted molar refractivity (Wildman–Crippen MR) is 236 cm³/mol. The van der Waals surface area contributed by atoms with E-state index in [1.165, 1.54) is 54.1 Å². The van der Waals surface area contributed by atoms with Gasteiger partial charge in [0.25, 0.3) is 0 Å². The van der Waals surface area contributed by atoms with Crippen molar-refractivity contribution >= 4 is 22.5 Å². The SMILES string of the molecule is CC1(C)c2ccccc2C2(c3ccccc3Sc3ccccc32)c2ccc(-c3ccccc3-c3cc(-c4ccccc4)nc(-c4cccc5ccccc45)n3)cc21. The van der Waals surface area contributed by atoms with Crippen molar-refractivity contribution in [1.29, 1.82) is 0 Å². The van der Waals surface area contributed by atoms with Crippen LogP contribution in [0.4, 0.5) is 0 Å². The molecule has 0 bridgehead atoms. The van der Waals surface area contributed by atoms with E-state index in [0.717, 1.165) is 44.9 Å². The van der Waals surface area contributed by atoms with E-state index < -0.39 is 5.41 Å². The second-order valence-corrected chi connectivity index (χ2v) is 16.8. The lowest BCUT2D eigenvalue weighted by Gasteiger charge is -2.50. The summed E-state index contributed by atoms with van der Waals surface area (Å²) in [5.74, 6) is 0.718. The normalized spacial score (nSPS) is 14.4. The highest BCUT2D eigenvalue weighted by Gasteiger charge is 2.52. The van der Waals surface area contributed by atoms with Gasteiger partial charge in [-0.15, -0.1) is 0 Å². The van der Waals surface area contributed by atoms with Gasteiger partial charge in [-0.25, -0.2) is 9.97 Å². The lowest BCUT2D eigenvalue weighted by molar-refractivity contribution is 0.549. The minimum Gasteiger partial charge on any atom is -0.228 e. The van der Waals surface area contributed by atoms with Crippen LogP contribution in [0, 0.1) is 0 Å². The van der Waals surface area contributed by atoms with Crippen molar-refractivity contribution in [3.05, 3.63) is 228 Å². The number of rotatable bonds is 4. The van der Waals surface area contributed by atoms with Crippen LogP contribution in [0.5, 0.6) is 0 Å². The van der Waals surface area contributed by atoms with Gasteiger partial charge in [-0.2, -0.15) is 0 Å². The molecule has 0 saturated carbocycles. The predicted octanol–water partition coefficient (Wildman–Crippen LogP) is 13.8. The molecule has 1 spiro atoms. The number of hydrogen-bond acceptors (Lipinski definition) is 3. The van der Waals surface area contributed by atoms with E-state index in [1.54, 1.807) is 0 Å². The topological polar surface area (TPSA) is 25.8 Å². The molecule has 1 aromatic heterocycles. The molecule has 2 nitrogen and oxygen atoms in total. The van der Waals surface area contributed by atoms with Gasteiger partial charge in [0.1, 0.15) is 0 Å². The van der Waals surface area contributed by atoms with Crippen molar-refractivity contribution in [2.24, 2.45) is 0 Å². The zero-order valence-electron chi connectivity index (χ0n) is 31.8. The van der Waals surface area contributed by atoms with Gasteiger partial charge in [-0.05, 0) is 79.5 Å². The Balaban J connectivity index is 1.15. The number of benzene rings is 8. The Kier molecular flexibility index (Phi) is 7.71. The van der Waals surface area contributed by atoms with Crippen LogP contribution < -0.4 is 0 Å². The van der Waals surface area contributed by atoms with Gasteiger partial charge in [0, 0.05) is 31.9 Å². The highest BCUT2D eigenvalue weighted by molar-refractivity contribution is 7.99. The molecule has 8 aromatic carbocycles. The van der Waals surface area contributed by atoms with E-state index in [0.29, 0.717) is 0 Å². The van der Waals surface area contributed by atoms with Gasteiger partial charge in [0.2, 0.25) is 0 Å². The molecule has 0 saturated heterocycles. The van der Waals surface area contributed by atoms with Gasteiger partial charge >= 0.3 is 0 Å². The molecule has 57 heavy (non-hydrogen) atoms. The number of fused-ring (bicyclic) bond motifs is 9. The largest absolute Gasteiger partial charge is 0.228 e. The molecular weight excluding hydrogens is 709 g/mol. The van der Waals surface area contributed by atoms with Crippen LogP contribution in [-0.2, 0) is 10.8 Å². The van der Waals surface area contributed by atoms with Crippen molar-refractivity contribution in [3.63, 3.8) is 0 Å². The molecule has 0 radical (unpaired) electrons. The Morgan fingerprint density at radius 1 is 0.386 bits per heavy atom. The lowest BCUT2D eigenvalue weighted by Crippen LogP contribution is -2.43.